The summed E-state index contributed by atoms with van der Waals surface area (Å²) >= 11 is 5.81. The van der Waals surface area contributed by atoms with Crippen LogP contribution in [0.4, 0.5) is 15.9 Å². The Morgan fingerprint density at radius 2 is 2.08 bits per heavy atom. The topological polar surface area (TPSA) is 73.3 Å². The average molecular weight is 364 g/mol. The maximum Gasteiger partial charge on any atom is 0.303 e. The van der Waals surface area contributed by atoms with E-state index in [1.165, 1.54) is 32.5 Å². The van der Waals surface area contributed by atoms with E-state index in [1.54, 1.807) is 18.2 Å². The van der Waals surface area contributed by atoms with Gasteiger partial charge < -0.3 is 14.8 Å². The van der Waals surface area contributed by atoms with Gasteiger partial charge in [-0.25, -0.2) is 14.4 Å². The first-order valence-electron chi connectivity index (χ1n) is 7.44. The molecule has 1 N–H and O–H groups in total. The van der Waals surface area contributed by atoms with E-state index < -0.39 is 24.0 Å². The van der Waals surface area contributed by atoms with Gasteiger partial charge in [0.25, 0.3) is 0 Å². The standard InChI is InChI=1S/C17H15ClFN3O3/c1-9(23)25-16-6-11-14(7-15(16)24-2)20-8-21-17(11)22-10-3-4-13(19)12(18)5-10/h3-8,15-16H,1-2H3,(H,20,21,22)/t15?,16-/m1/s1. The van der Waals surface area contributed by atoms with Gasteiger partial charge >= 0.3 is 5.97 Å². The molecule has 2 atom stereocenters. The van der Waals surface area contributed by atoms with Crippen molar-refractivity contribution in [2.24, 2.45) is 0 Å². The highest BCUT2D eigenvalue weighted by molar-refractivity contribution is 6.31. The van der Waals surface area contributed by atoms with Crippen LogP contribution in [-0.2, 0) is 14.3 Å². The summed E-state index contributed by atoms with van der Waals surface area (Å²) in [5.41, 5.74) is 0.568. The number of hydrogen-bond acceptors (Lipinski definition) is 6. The summed E-state index contributed by atoms with van der Waals surface area (Å²) in [6, 6.07) is 4.26. The van der Waals surface area contributed by atoms with Gasteiger partial charge in [-0.1, -0.05) is 11.6 Å². The zero-order valence-corrected chi connectivity index (χ0v) is 14.2. The molecule has 0 radical (unpaired) electrons. The molecule has 0 aliphatic heterocycles. The number of nitrogens with zero attached hydrogens (tertiary/aromatic N) is 2. The zero-order valence-electron chi connectivity index (χ0n) is 13.5. The number of fused-ring (bicyclic) bond motifs is 1. The van der Waals surface area contributed by atoms with Gasteiger partial charge in [0.1, 0.15) is 24.1 Å². The first-order chi connectivity index (χ1) is 12.0. The monoisotopic (exact) mass is 363 g/mol. The van der Waals surface area contributed by atoms with Crippen LogP contribution in [0.3, 0.4) is 0 Å². The Hall–Kier alpha value is -2.51. The molecule has 0 saturated carbocycles. The number of methoxy groups -OCH3 is 1. The zero-order chi connectivity index (χ0) is 18.0. The molecule has 1 aromatic heterocycles. The van der Waals surface area contributed by atoms with E-state index in [9.17, 15) is 9.18 Å². The highest BCUT2D eigenvalue weighted by Crippen LogP contribution is 2.21. The smallest absolute Gasteiger partial charge is 0.303 e. The summed E-state index contributed by atoms with van der Waals surface area (Å²) in [4.78, 5) is 19.8. The van der Waals surface area contributed by atoms with Gasteiger partial charge in [-0.15, -0.1) is 0 Å². The fraction of sp³-hybridized carbons (Fsp3) is 0.235. The molecule has 2 aromatic rings. The number of esters is 1. The maximum atomic E-state index is 13.3. The van der Waals surface area contributed by atoms with Crippen molar-refractivity contribution in [3.05, 3.63) is 45.9 Å². The molecule has 130 valence electrons. The van der Waals surface area contributed by atoms with Crippen LogP contribution in [0.25, 0.3) is 12.2 Å². The van der Waals surface area contributed by atoms with Gasteiger partial charge in [-0.2, -0.15) is 0 Å². The SMILES string of the molecule is COC1C=c2ncnc(Nc3ccc(F)c(Cl)c3)c2=C[C@H]1OC(C)=O. The van der Waals surface area contributed by atoms with Crippen LogP contribution >= 0.6 is 11.6 Å². The van der Waals surface area contributed by atoms with Crippen LogP contribution in [0.15, 0.2) is 24.5 Å². The van der Waals surface area contributed by atoms with Crippen molar-refractivity contribution in [1.82, 2.24) is 9.97 Å². The lowest BCUT2D eigenvalue weighted by Crippen LogP contribution is -2.43. The molecule has 0 fully saturated rings. The molecule has 1 aromatic carbocycles. The van der Waals surface area contributed by atoms with Gasteiger partial charge in [-0.05, 0) is 30.4 Å². The first kappa shape index (κ1) is 17.3. The molecule has 1 unspecified atom stereocenters. The lowest BCUT2D eigenvalue weighted by molar-refractivity contribution is -0.146. The molecule has 1 heterocycles. The molecule has 0 bridgehead atoms. The second kappa shape index (κ2) is 7.16. The second-order valence-corrected chi connectivity index (χ2v) is 5.79. The van der Waals surface area contributed by atoms with E-state index in [2.05, 4.69) is 15.3 Å². The summed E-state index contributed by atoms with van der Waals surface area (Å²) in [5.74, 6) is -0.442. The minimum Gasteiger partial charge on any atom is -0.455 e. The molecular formula is C17H15ClFN3O3. The molecule has 0 amide bonds. The quantitative estimate of drug-likeness (QED) is 0.831. The molecule has 25 heavy (non-hydrogen) atoms. The van der Waals surface area contributed by atoms with Crippen molar-refractivity contribution >= 4 is 41.2 Å². The van der Waals surface area contributed by atoms with E-state index in [-0.39, 0.29) is 5.02 Å². The molecule has 1 aliphatic carbocycles. The Morgan fingerprint density at radius 1 is 1.28 bits per heavy atom. The molecule has 1 aliphatic rings. The van der Waals surface area contributed by atoms with E-state index in [0.29, 0.717) is 22.1 Å². The number of benzene rings is 1. The van der Waals surface area contributed by atoms with Crippen LogP contribution in [0.1, 0.15) is 6.92 Å². The largest absolute Gasteiger partial charge is 0.455 e. The van der Waals surface area contributed by atoms with E-state index in [4.69, 9.17) is 21.1 Å². The van der Waals surface area contributed by atoms with Crippen LogP contribution in [0.2, 0.25) is 5.02 Å². The Labute approximate surface area is 148 Å². The van der Waals surface area contributed by atoms with Crippen LogP contribution in [-0.4, -0.2) is 35.3 Å². The lowest BCUT2D eigenvalue weighted by atomic mass is 10.1. The Morgan fingerprint density at radius 3 is 2.76 bits per heavy atom. The first-order valence-corrected chi connectivity index (χ1v) is 7.82. The maximum absolute atomic E-state index is 13.3. The summed E-state index contributed by atoms with van der Waals surface area (Å²) in [5, 5.41) is 4.37. The highest BCUT2D eigenvalue weighted by atomic mass is 35.5. The summed E-state index contributed by atoms with van der Waals surface area (Å²) in [6.07, 6.45) is 3.83. The normalized spacial score (nSPS) is 18.6. The van der Waals surface area contributed by atoms with Crippen LogP contribution in [0, 0.1) is 5.82 Å². The second-order valence-electron chi connectivity index (χ2n) is 5.38. The predicted octanol–water partition coefficient (Wildman–Crippen LogP) is 1.53. The molecule has 3 rings (SSSR count). The van der Waals surface area contributed by atoms with Gasteiger partial charge in [-0.3, -0.25) is 4.79 Å². The van der Waals surface area contributed by atoms with Crippen molar-refractivity contribution in [2.45, 2.75) is 19.1 Å². The summed E-state index contributed by atoms with van der Waals surface area (Å²) in [7, 11) is 1.53. The predicted molar refractivity (Wildman–Crippen MR) is 91.3 cm³/mol. The van der Waals surface area contributed by atoms with E-state index in [1.807, 2.05) is 0 Å². The molecule has 0 saturated heterocycles. The molecule has 0 spiro atoms. The van der Waals surface area contributed by atoms with Crippen molar-refractivity contribution in [1.29, 1.82) is 0 Å². The van der Waals surface area contributed by atoms with Gasteiger partial charge in [0.05, 0.1) is 10.4 Å². The van der Waals surface area contributed by atoms with Crippen molar-refractivity contribution in [3.63, 3.8) is 0 Å². The van der Waals surface area contributed by atoms with Crippen molar-refractivity contribution in [2.75, 3.05) is 12.4 Å². The Balaban J connectivity index is 2.03. The highest BCUT2D eigenvalue weighted by Gasteiger charge is 2.24. The number of ether oxygens (including phenoxy) is 2. The number of carbonyl (C=O) groups excluding carboxylic acids is 1. The number of anilines is 2. The summed E-state index contributed by atoms with van der Waals surface area (Å²) in [6.45, 7) is 1.33. The van der Waals surface area contributed by atoms with E-state index in [0.717, 1.165) is 0 Å². The Kier molecular flexibility index (Phi) is 4.96. The summed E-state index contributed by atoms with van der Waals surface area (Å²) < 4.78 is 23.9. The third-order valence-electron chi connectivity index (χ3n) is 3.65. The lowest BCUT2D eigenvalue weighted by Gasteiger charge is -2.23. The van der Waals surface area contributed by atoms with Crippen molar-refractivity contribution < 1.29 is 18.7 Å². The average Bonchev–Trinajstić information content (AvgIpc) is 2.57. The Bertz CT molecular complexity index is 935. The molecular weight excluding hydrogens is 349 g/mol. The van der Waals surface area contributed by atoms with Crippen molar-refractivity contribution in [3.8, 4) is 0 Å². The molecule has 8 heteroatoms. The minimum absolute atomic E-state index is 0.000650. The van der Waals surface area contributed by atoms with Gasteiger partial charge in [0.2, 0.25) is 0 Å². The number of nitrogens with one attached hydrogen (secondary N) is 1. The van der Waals surface area contributed by atoms with Crippen LogP contribution in [0.5, 0.6) is 0 Å². The van der Waals surface area contributed by atoms with Crippen LogP contribution < -0.4 is 15.9 Å². The fourth-order valence-electron chi connectivity index (χ4n) is 2.52. The fourth-order valence-corrected chi connectivity index (χ4v) is 2.70. The minimum atomic E-state index is -0.599. The number of hydrogen-bond donors (Lipinski definition) is 1. The third kappa shape index (κ3) is 3.78. The molecule has 6 nitrogen and oxygen atoms in total. The number of aromatic nitrogens is 2. The van der Waals surface area contributed by atoms with E-state index >= 15 is 0 Å². The van der Waals surface area contributed by atoms with Gasteiger partial charge in [0, 0.05) is 24.9 Å². The number of rotatable bonds is 4. The number of halogens is 2. The number of carbonyl (C=O) groups is 1. The van der Waals surface area contributed by atoms with Gasteiger partial charge in [0.15, 0.2) is 6.10 Å². The third-order valence-corrected chi connectivity index (χ3v) is 3.94.